The Morgan fingerprint density at radius 3 is 2.55 bits per heavy atom. The van der Waals surface area contributed by atoms with Crippen LogP contribution in [0.1, 0.15) is 10.4 Å². The van der Waals surface area contributed by atoms with Gasteiger partial charge in [-0.2, -0.15) is 0 Å². The number of carboxylic acid groups (broad SMARTS) is 1. The van der Waals surface area contributed by atoms with Crippen molar-refractivity contribution in [2.45, 2.75) is 0 Å². The number of hydrogen-bond acceptors (Lipinski definition) is 3. The molecule has 0 saturated carbocycles. The molecule has 0 bridgehead atoms. The van der Waals surface area contributed by atoms with Crippen LogP contribution in [0.25, 0.3) is 0 Å². The molecule has 0 saturated heterocycles. The van der Waals surface area contributed by atoms with E-state index in [9.17, 15) is 4.79 Å². The molecule has 1 aromatic carbocycles. The maximum absolute atomic E-state index is 10.3. The molecule has 0 fully saturated rings. The number of aromatic carboxylic acids is 1. The van der Waals surface area contributed by atoms with Gasteiger partial charge in [0.2, 0.25) is 0 Å². The van der Waals surface area contributed by atoms with Crippen LogP contribution in [-0.2, 0) is 0 Å². The van der Waals surface area contributed by atoms with E-state index in [1.54, 1.807) is 0 Å². The Balaban J connectivity index is 3.23. The summed E-state index contributed by atoms with van der Waals surface area (Å²) in [7, 11) is 0. The normalized spacial score (nSPS) is 9.45. The molecule has 1 rings (SSSR count). The summed E-state index contributed by atoms with van der Waals surface area (Å²) in [6.07, 6.45) is 0. The van der Waals surface area contributed by atoms with Crippen molar-refractivity contribution in [3.05, 3.63) is 23.8 Å². The largest absolute Gasteiger partial charge is 0.508 e. The monoisotopic (exact) mass is 153 g/mol. The van der Waals surface area contributed by atoms with Crippen LogP contribution in [0.5, 0.6) is 11.5 Å². The fourth-order valence-electron chi connectivity index (χ4n) is 0.641. The van der Waals surface area contributed by atoms with Gasteiger partial charge in [0.05, 0.1) is 0 Å². The Hall–Kier alpha value is -1.71. The molecular weight excluding hydrogens is 148 g/mol. The average molecular weight is 153 g/mol. The SMILES string of the molecule is O=C(O)c1cc(O)c[c]c1O. The van der Waals surface area contributed by atoms with Gasteiger partial charge >= 0.3 is 5.97 Å². The van der Waals surface area contributed by atoms with Gasteiger partial charge in [0.25, 0.3) is 0 Å². The van der Waals surface area contributed by atoms with Gasteiger partial charge in [0.1, 0.15) is 17.1 Å². The van der Waals surface area contributed by atoms with E-state index in [4.69, 9.17) is 15.3 Å². The van der Waals surface area contributed by atoms with E-state index in [1.165, 1.54) is 0 Å². The number of phenols is 2. The van der Waals surface area contributed by atoms with Gasteiger partial charge in [-0.25, -0.2) is 4.79 Å². The highest BCUT2D eigenvalue weighted by Gasteiger charge is 2.09. The summed E-state index contributed by atoms with van der Waals surface area (Å²) in [6, 6.07) is 4.21. The van der Waals surface area contributed by atoms with Gasteiger partial charge in [0, 0.05) is 6.07 Å². The minimum atomic E-state index is -1.30. The fraction of sp³-hybridized carbons (Fsp3) is 0. The van der Waals surface area contributed by atoms with Gasteiger partial charge in [-0.05, 0) is 12.1 Å². The van der Waals surface area contributed by atoms with Crippen molar-refractivity contribution in [3.8, 4) is 11.5 Å². The van der Waals surface area contributed by atoms with Crippen molar-refractivity contribution in [1.82, 2.24) is 0 Å². The molecule has 0 atom stereocenters. The molecule has 0 aliphatic heterocycles. The van der Waals surface area contributed by atoms with Crippen LogP contribution < -0.4 is 0 Å². The maximum Gasteiger partial charge on any atom is 0.339 e. The van der Waals surface area contributed by atoms with Gasteiger partial charge < -0.3 is 15.3 Å². The van der Waals surface area contributed by atoms with Gasteiger partial charge in [-0.3, -0.25) is 0 Å². The summed E-state index contributed by atoms with van der Waals surface area (Å²) in [4.78, 5) is 10.3. The second kappa shape index (κ2) is 2.49. The highest BCUT2D eigenvalue weighted by molar-refractivity contribution is 5.91. The molecule has 3 N–H and O–H groups in total. The van der Waals surface area contributed by atoms with Gasteiger partial charge in [-0.1, -0.05) is 0 Å². The minimum Gasteiger partial charge on any atom is -0.508 e. The lowest BCUT2D eigenvalue weighted by Gasteiger charge is -1.97. The smallest absolute Gasteiger partial charge is 0.339 e. The molecule has 4 nitrogen and oxygen atoms in total. The number of carboxylic acids is 1. The van der Waals surface area contributed by atoms with E-state index in [0.717, 1.165) is 12.1 Å². The third-order valence-electron chi connectivity index (χ3n) is 1.13. The Morgan fingerprint density at radius 2 is 2.09 bits per heavy atom. The molecule has 0 aliphatic carbocycles. The topological polar surface area (TPSA) is 77.8 Å². The molecule has 0 amide bonds. The number of phenolic OH excluding ortho intramolecular Hbond substituents is 1. The zero-order chi connectivity index (χ0) is 8.43. The Kier molecular flexibility index (Phi) is 1.68. The molecule has 0 spiro atoms. The van der Waals surface area contributed by atoms with Gasteiger partial charge in [-0.15, -0.1) is 0 Å². The van der Waals surface area contributed by atoms with Crippen LogP contribution in [0.2, 0.25) is 0 Å². The molecule has 4 heteroatoms. The Bertz CT molecular complexity index is 292. The van der Waals surface area contributed by atoms with Gasteiger partial charge in [0.15, 0.2) is 0 Å². The van der Waals surface area contributed by atoms with E-state index in [1.807, 2.05) is 0 Å². The molecule has 0 aromatic heterocycles. The van der Waals surface area contributed by atoms with Crippen molar-refractivity contribution < 1.29 is 20.1 Å². The van der Waals surface area contributed by atoms with Crippen LogP contribution in [0.15, 0.2) is 12.1 Å². The van der Waals surface area contributed by atoms with E-state index in [2.05, 4.69) is 6.07 Å². The van der Waals surface area contributed by atoms with Crippen LogP contribution >= 0.6 is 0 Å². The predicted molar refractivity (Wildman–Crippen MR) is 35.6 cm³/mol. The summed E-state index contributed by atoms with van der Waals surface area (Å²) < 4.78 is 0. The zero-order valence-electron chi connectivity index (χ0n) is 5.40. The lowest BCUT2D eigenvalue weighted by atomic mass is 10.2. The van der Waals surface area contributed by atoms with Crippen LogP contribution in [0, 0.1) is 6.07 Å². The average Bonchev–Trinajstić information content (AvgIpc) is 1.94. The summed E-state index contributed by atoms with van der Waals surface area (Å²) in [6.45, 7) is 0. The molecule has 57 valence electrons. The lowest BCUT2D eigenvalue weighted by Crippen LogP contribution is -1.95. The molecule has 1 radical (unpaired) electrons. The highest BCUT2D eigenvalue weighted by atomic mass is 16.4. The molecule has 11 heavy (non-hydrogen) atoms. The fourth-order valence-corrected chi connectivity index (χ4v) is 0.641. The standard InChI is InChI=1S/C7H5O4/c8-4-1-2-6(9)5(3-4)7(10)11/h1,3,8-9H,(H,10,11). The van der Waals surface area contributed by atoms with Crippen LogP contribution in [0.3, 0.4) is 0 Å². The molecule has 0 aliphatic rings. The van der Waals surface area contributed by atoms with E-state index in [0.29, 0.717) is 0 Å². The first-order valence-corrected chi connectivity index (χ1v) is 2.78. The second-order valence-electron chi connectivity index (χ2n) is 1.93. The number of carbonyl (C=O) groups is 1. The molecule has 1 aromatic rings. The van der Waals surface area contributed by atoms with E-state index < -0.39 is 11.7 Å². The first kappa shape index (κ1) is 7.40. The Morgan fingerprint density at radius 1 is 1.45 bits per heavy atom. The first-order chi connectivity index (χ1) is 5.11. The molecule has 0 heterocycles. The number of aromatic hydroxyl groups is 2. The number of rotatable bonds is 1. The van der Waals surface area contributed by atoms with Crippen molar-refractivity contribution in [2.75, 3.05) is 0 Å². The predicted octanol–water partition coefficient (Wildman–Crippen LogP) is 0.596. The molecular formula is C7H5O4. The highest BCUT2D eigenvalue weighted by Crippen LogP contribution is 2.20. The summed E-state index contributed by atoms with van der Waals surface area (Å²) in [5, 5.41) is 26.0. The van der Waals surface area contributed by atoms with Crippen molar-refractivity contribution in [1.29, 1.82) is 0 Å². The van der Waals surface area contributed by atoms with E-state index in [-0.39, 0.29) is 11.3 Å². The Labute approximate surface area is 62.3 Å². The third-order valence-corrected chi connectivity index (χ3v) is 1.13. The zero-order valence-corrected chi connectivity index (χ0v) is 5.40. The van der Waals surface area contributed by atoms with Crippen LogP contribution in [-0.4, -0.2) is 21.3 Å². The lowest BCUT2D eigenvalue weighted by molar-refractivity contribution is 0.0693. The maximum atomic E-state index is 10.3. The second-order valence-corrected chi connectivity index (χ2v) is 1.93. The van der Waals surface area contributed by atoms with Crippen molar-refractivity contribution in [3.63, 3.8) is 0 Å². The van der Waals surface area contributed by atoms with E-state index >= 15 is 0 Å². The summed E-state index contributed by atoms with van der Waals surface area (Å²) in [5.74, 6) is -2.01. The summed E-state index contributed by atoms with van der Waals surface area (Å²) >= 11 is 0. The summed E-state index contributed by atoms with van der Waals surface area (Å²) in [5.41, 5.74) is -0.356. The minimum absolute atomic E-state index is 0.236. The first-order valence-electron chi connectivity index (χ1n) is 2.78. The number of benzene rings is 1. The van der Waals surface area contributed by atoms with Crippen molar-refractivity contribution >= 4 is 5.97 Å². The quantitative estimate of drug-likeness (QED) is 0.516. The molecule has 0 unspecified atom stereocenters. The third kappa shape index (κ3) is 1.40. The van der Waals surface area contributed by atoms with Crippen LogP contribution in [0.4, 0.5) is 0 Å². The number of hydrogen-bond donors (Lipinski definition) is 3. The van der Waals surface area contributed by atoms with Crippen molar-refractivity contribution in [2.24, 2.45) is 0 Å².